The highest BCUT2D eigenvalue weighted by atomic mass is 19.1. The Morgan fingerprint density at radius 3 is 2.25 bits per heavy atom. The number of amides is 2. The minimum atomic E-state index is -0.299. The van der Waals surface area contributed by atoms with E-state index in [1.54, 1.807) is 12.1 Å². The van der Waals surface area contributed by atoms with Gasteiger partial charge < -0.3 is 15.1 Å². The number of nitrogens with zero attached hydrogens (tertiary/aromatic N) is 1. The molecule has 5 nitrogen and oxygen atoms in total. The molecule has 0 atom stereocenters. The second-order valence-corrected chi connectivity index (χ2v) is 7.43. The highest BCUT2D eigenvalue weighted by Gasteiger charge is 2.25. The van der Waals surface area contributed by atoms with E-state index in [9.17, 15) is 14.0 Å². The molecule has 28 heavy (non-hydrogen) atoms. The minimum absolute atomic E-state index is 0.00140. The summed E-state index contributed by atoms with van der Waals surface area (Å²) in [6.07, 6.45) is 0.280. The van der Waals surface area contributed by atoms with Crippen LogP contribution in [0, 0.1) is 19.7 Å². The number of carbonyl (C=O) groups excluding carboxylic acids is 2. The monoisotopic (exact) mass is 384 g/mol. The topological polar surface area (TPSA) is 53.9 Å². The maximum absolute atomic E-state index is 13.0. The van der Waals surface area contributed by atoms with Crippen LogP contribution in [-0.2, 0) is 16.0 Å². The Balaban J connectivity index is 1.46. The van der Waals surface area contributed by atoms with Crippen molar-refractivity contribution in [1.29, 1.82) is 0 Å². The van der Waals surface area contributed by atoms with Crippen molar-refractivity contribution in [3.8, 4) is 0 Å². The molecule has 1 aliphatic heterocycles. The molecule has 0 spiro atoms. The summed E-state index contributed by atoms with van der Waals surface area (Å²) in [6, 6.07) is 12.0. The molecule has 2 N–H and O–H groups in total. The van der Waals surface area contributed by atoms with Gasteiger partial charge in [0.1, 0.15) is 5.82 Å². The van der Waals surface area contributed by atoms with Crippen LogP contribution >= 0.6 is 0 Å². The molecule has 0 aliphatic carbocycles. The Bertz CT molecular complexity index is 823. The van der Waals surface area contributed by atoms with E-state index in [1.165, 1.54) is 17.0 Å². The molecule has 0 unspecified atom stereocenters. The molecule has 1 heterocycles. The maximum Gasteiger partial charge on any atom is 0.279 e. The normalized spacial score (nSPS) is 14.8. The lowest BCUT2D eigenvalue weighted by molar-refractivity contribution is -0.895. The fourth-order valence-corrected chi connectivity index (χ4v) is 3.56. The summed E-state index contributed by atoms with van der Waals surface area (Å²) in [6.45, 7) is 7.12. The Morgan fingerprint density at radius 1 is 1.04 bits per heavy atom. The predicted molar refractivity (Wildman–Crippen MR) is 107 cm³/mol. The molecule has 3 rings (SSSR count). The van der Waals surface area contributed by atoms with Gasteiger partial charge in [0.2, 0.25) is 5.91 Å². The van der Waals surface area contributed by atoms with Crippen molar-refractivity contribution in [3.63, 3.8) is 0 Å². The third-order valence-corrected chi connectivity index (χ3v) is 5.25. The Kier molecular flexibility index (Phi) is 6.41. The smallest absolute Gasteiger partial charge is 0.279 e. The second kappa shape index (κ2) is 8.97. The van der Waals surface area contributed by atoms with Gasteiger partial charge in [0.25, 0.3) is 5.91 Å². The van der Waals surface area contributed by atoms with Crippen LogP contribution in [0.3, 0.4) is 0 Å². The molecule has 1 aliphatic rings. The predicted octanol–water partition coefficient (Wildman–Crippen LogP) is 1.35. The van der Waals surface area contributed by atoms with E-state index >= 15 is 0 Å². The number of aryl methyl sites for hydroxylation is 2. The van der Waals surface area contributed by atoms with Crippen molar-refractivity contribution in [2.45, 2.75) is 20.3 Å². The lowest BCUT2D eigenvalue weighted by Gasteiger charge is -2.32. The number of halogens is 1. The SMILES string of the molecule is Cc1cccc(C)c1NC(=O)C[NH+]1CCN(C(=O)Cc2ccc(F)cc2)CC1. The highest BCUT2D eigenvalue weighted by Crippen LogP contribution is 2.18. The summed E-state index contributed by atoms with van der Waals surface area (Å²) < 4.78 is 13.0. The molecule has 2 aromatic rings. The van der Waals surface area contributed by atoms with Gasteiger partial charge in [0.05, 0.1) is 32.6 Å². The average molecular weight is 384 g/mol. The molecule has 1 saturated heterocycles. The number of hydrogen-bond acceptors (Lipinski definition) is 2. The van der Waals surface area contributed by atoms with E-state index in [0.29, 0.717) is 19.6 Å². The Labute approximate surface area is 165 Å². The lowest BCUT2D eigenvalue weighted by atomic mass is 10.1. The van der Waals surface area contributed by atoms with Crippen LogP contribution in [-0.4, -0.2) is 49.4 Å². The van der Waals surface area contributed by atoms with E-state index in [4.69, 9.17) is 0 Å². The Hall–Kier alpha value is -2.73. The van der Waals surface area contributed by atoms with Gasteiger partial charge in [-0.25, -0.2) is 4.39 Å². The minimum Gasteiger partial charge on any atom is -0.331 e. The third-order valence-electron chi connectivity index (χ3n) is 5.25. The van der Waals surface area contributed by atoms with Gasteiger partial charge in [0, 0.05) is 5.69 Å². The Morgan fingerprint density at radius 2 is 1.64 bits per heavy atom. The van der Waals surface area contributed by atoms with Crippen LogP contribution < -0.4 is 10.2 Å². The summed E-state index contributed by atoms with van der Waals surface area (Å²) in [7, 11) is 0. The number of rotatable bonds is 5. The summed E-state index contributed by atoms with van der Waals surface area (Å²) >= 11 is 0. The zero-order valence-electron chi connectivity index (χ0n) is 16.4. The molecular formula is C22H27FN3O2+. The van der Waals surface area contributed by atoms with Crippen molar-refractivity contribution < 1.29 is 18.9 Å². The van der Waals surface area contributed by atoms with E-state index < -0.39 is 0 Å². The summed E-state index contributed by atoms with van der Waals surface area (Å²) in [5.74, 6) is -0.253. The first-order chi connectivity index (χ1) is 13.4. The molecule has 6 heteroatoms. The summed E-state index contributed by atoms with van der Waals surface area (Å²) in [4.78, 5) is 27.9. The van der Waals surface area contributed by atoms with Crippen molar-refractivity contribution in [2.75, 3.05) is 38.0 Å². The highest BCUT2D eigenvalue weighted by molar-refractivity contribution is 5.93. The third kappa shape index (κ3) is 5.16. The van der Waals surface area contributed by atoms with Crippen LogP contribution in [0.1, 0.15) is 16.7 Å². The fourth-order valence-electron chi connectivity index (χ4n) is 3.56. The average Bonchev–Trinajstić information content (AvgIpc) is 2.67. The van der Waals surface area contributed by atoms with E-state index in [0.717, 1.165) is 35.5 Å². The van der Waals surface area contributed by atoms with Crippen molar-refractivity contribution in [1.82, 2.24) is 4.90 Å². The second-order valence-electron chi connectivity index (χ2n) is 7.43. The van der Waals surface area contributed by atoms with E-state index in [1.807, 2.05) is 36.9 Å². The fraction of sp³-hybridized carbons (Fsp3) is 0.364. The number of carbonyl (C=O) groups is 2. The number of quaternary nitrogens is 1. The molecular weight excluding hydrogens is 357 g/mol. The van der Waals surface area contributed by atoms with Crippen LogP contribution in [0.25, 0.3) is 0 Å². The molecule has 1 fully saturated rings. The van der Waals surface area contributed by atoms with Gasteiger partial charge in [-0.3, -0.25) is 9.59 Å². The molecule has 0 aromatic heterocycles. The first kappa shape index (κ1) is 20.0. The van der Waals surface area contributed by atoms with Crippen LogP contribution in [0.5, 0.6) is 0 Å². The molecule has 148 valence electrons. The quantitative estimate of drug-likeness (QED) is 0.818. The number of hydrogen-bond donors (Lipinski definition) is 2. The zero-order chi connectivity index (χ0) is 20.1. The number of piperazine rings is 1. The first-order valence-corrected chi connectivity index (χ1v) is 9.64. The number of nitrogens with one attached hydrogen (secondary N) is 2. The maximum atomic E-state index is 13.0. The van der Waals surface area contributed by atoms with E-state index in [-0.39, 0.29) is 24.1 Å². The molecule has 2 aromatic carbocycles. The molecule has 0 saturated carbocycles. The van der Waals surface area contributed by atoms with Gasteiger partial charge in [-0.1, -0.05) is 30.3 Å². The van der Waals surface area contributed by atoms with Gasteiger partial charge in [-0.2, -0.15) is 0 Å². The zero-order valence-corrected chi connectivity index (χ0v) is 16.4. The number of benzene rings is 2. The van der Waals surface area contributed by atoms with Crippen LogP contribution in [0.4, 0.5) is 10.1 Å². The lowest BCUT2D eigenvalue weighted by Crippen LogP contribution is -3.15. The molecule has 2 amide bonds. The van der Waals surface area contributed by atoms with Crippen molar-refractivity contribution in [3.05, 3.63) is 65.0 Å². The summed E-state index contributed by atoms with van der Waals surface area (Å²) in [5, 5.41) is 3.03. The van der Waals surface area contributed by atoms with Gasteiger partial charge in [-0.05, 0) is 42.7 Å². The van der Waals surface area contributed by atoms with Gasteiger partial charge in [-0.15, -0.1) is 0 Å². The number of anilines is 1. The molecule has 0 radical (unpaired) electrons. The van der Waals surface area contributed by atoms with Gasteiger partial charge in [0.15, 0.2) is 6.54 Å². The van der Waals surface area contributed by atoms with Gasteiger partial charge >= 0.3 is 0 Å². The van der Waals surface area contributed by atoms with Crippen molar-refractivity contribution >= 4 is 17.5 Å². The van der Waals surface area contributed by atoms with Crippen LogP contribution in [0.15, 0.2) is 42.5 Å². The standard InChI is InChI=1S/C22H26FN3O2/c1-16-4-3-5-17(2)22(16)24-20(27)15-25-10-12-26(13-11-25)21(28)14-18-6-8-19(23)9-7-18/h3-9H,10-15H2,1-2H3,(H,24,27)/p+1. The van der Waals surface area contributed by atoms with Crippen molar-refractivity contribution in [2.24, 2.45) is 0 Å². The van der Waals surface area contributed by atoms with E-state index in [2.05, 4.69) is 5.32 Å². The largest absolute Gasteiger partial charge is 0.331 e. The summed E-state index contributed by atoms with van der Waals surface area (Å²) in [5.41, 5.74) is 3.81. The van der Waals surface area contributed by atoms with Crippen LogP contribution in [0.2, 0.25) is 0 Å². The number of para-hydroxylation sites is 1. The first-order valence-electron chi connectivity index (χ1n) is 9.64. The molecule has 0 bridgehead atoms.